The van der Waals surface area contributed by atoms with Gasteiger partial charge in [0.15, 0.2) is 0 Å². The van der Waals surface area contributed by atoms with Gasteiger partial charge in [0.25, 0.3) is 0 Å². The Labute approximate surface area is 188 Å². The van der Waals surface area contributed by atoms with Crippen molar-refractivity contribution in [2.75, 3.05) is 7.11 Å². The monoisotopic (exact) mass is 469 g/mol. The number of rotatable bonds is 6. The van der Waals surface area contributed by atoms with E-state index in [1.165, 1.54) is 48.2 Å². The number of benzene rings is 3. The third-order valence-corrected chi connectivity index (χ3v) is 6.63. The molecule has 0 fully saturated rings. The molecular weight excluding hydrogens is 454 g/mol. The summed E-state index contributed by atoms with van der Waals surface area (Å²) in [5.41, 5.74) is 1.27. The molecule has 0 unspecified atom stereocenters. The van der Waals surface area contributed by atoms with E-state index in [4.69, 9.17) is 21.4 Å². The van der Waals surface area contributed by atoms with Crippen molar-refractivity contribution in [2.24, 2.45) is 0 Å². The normalized spacial score (nSPS) is 11.3. The highest BCUT2D eigenvalue weighted by Crippen LogP contribution is 2.33. The molecule has 8 nitrogen and oxygen atoms in total. The van der Waals surface area contributed by atoms with Crippen LogP contribution in [0.5, 0.6) is 5.75 Å². The van der Waals surface area contributed by atoms with E-state index in [-0.39, 0.29) is 21.2 Å². The van der Waals surface area contributed by atoms with E-state index >= 15 is 0 Å². The molecule has 3 aromatic carbocycles. The molecule has 0 aliphatic carbocycles. The Morgan fingerprint density at radius 1 is 1.03 bits per heavy atom. The van der Waals surface area contributed by atoms with E-state index < -0.39 is 15.8 Å². The maximum Gasteiger partial charge on any atom is 0.335 e. The Morgan fingerprint density at radius 3 is 2.34 bits per heavy atom. The molecule has 1 aromatic heterocycles. The summed E-state index contributed by atoms with van der Waals surface area (Å²) in [6, 6.07) is 18.5. The van der Waals surface area contributed by atoms with Gasteiger partial charge in [-0.2, -0.15) is 0 Å². The molecule has 162 valence electrons. The van der Waals surface area contributed by atoms with Crippen molar-refractivity contribution in [2.45, 2.75) is 9.92 Å². The minimum atomic E-state index is -4.07. The average molecular weight is 470 g/mol. The molecule has 0 aliphatic heterocycles. The van der Waals surface area contributed by atoms with Crippen LogP contribution in [0.4, 0.5) is 0 Å². The molecule has 0 atom stereocenters. The topological polar surface area (TPSA) is 111 Å². The highest BCUT2D eigenvalue weighted by Gasteiger charge is 2.29. The third-order valence-electron chi connectivity index (χ3n) is 4.72. The van der Waals surface area contributed by atoms with E-state index in [2.05, 4.69) is 10.3 Å². The van der Waals surface area contributed by atoms with Crippen molar-refractivity contribution >= 4 is 27.4 Å². The first-order chi connectivity index (χ1) is 15.3. The fourth-order valence-electron chi connectivity index (χ4n) is 3.11. The zero-order chi connectivity index (χ0) is 22.9. The fraction of sp³-hybridized carbons (Fsp3) is 0.0455. The lowest BCUT2D eigenvalue weighted by Crippen LogP contribution is -2.06. The Morgan fingerprint density at radius 2 is 1.72 bits per heavy atom. The minimum absolute atomic E-state index is 0.000314. The molecule has 32 heavy (non-hydrogen) atoms. The van der Waals surface area contributed by atoms with E-state index in [9.17, 15) is 13.2 Å². The average Bonchev–Trinajstić information content (AvgIpc) is 3.25. The van der Waals surface area contributed by atoms with Gasteiger partial charge in [0.1, 0.15) is 11.4 Å². The van der Waals surface area contributed by atoms with Gasteiger partial charge in [0.05, 0.1) is 23.3 Å². The minimum Gasteiger partial charge on any atom is -0.497 e. The van der Waals surface area contributed by atoms with Crippen molar-refractivity contribution in [3.63, 3.8) is 0 Å². The van der Waals surface area contributed by atoms with Gasteiger partial charge in [0, 0.05) is 10.6 Å². The molecule has 0 amide bonds. The maximum atomic E-state index is 13.5. The van der Waals surface area contributed by atoms with Gasteiger partial charge in [-0.3, -0.25) is 0 Å². The van der Waals surface area contributed by atoms with Gasteiger partial charge in [-0.25, -0.2) is 17.9 Å². The highest BCUT2D eigenvalue weighted by atomic mass is 35.5. The van der Waals surface area contributed by atoms with Crippen LogP contribution < -0.4 is 4.74 Å². The Hall–Kier alpha value is -3.69. The van der Waals surface area contributed by atoms with E-state index in [1.807, 2.05) is 0 Å². The summed E-state index contributed by atoms with van der Waals surface area (Å²) in [5.74, 6) is -0.690. The number of sulfone groups is 1. The van der Waals surface area contributed by atoms with Gasteiger partial charge in [-0.1, -0.05) is 35.0 Å². The number of carbonyl (C=O) groups is 1. The number of hydrogen-bond acceptors (Lipinski definition) is 6. The summed E-state index contributed by atoms with van der Waals surface area (Å²) >= 11 is 6.01. The Balaban J connectivity index is 1.93. The second-order valence-corrected chi connectivity index (χ2v) is 9.00. The molecule has 1 N–H and O–H groups in total. The Bertz CT molecular complexity index is 1400. The van der Waals surface area contributed by atoms with Crippen LogP contribution in [0.15, 0.2) is 82.7 Å². The smallest absolute Gasteiger partial charge is 0.335 e. The van der Waals surface area contributed by atoms with E-state index in [1.54, 1.807) is 36.4 Å². The van der Waals surface area contributed by atoms with Crippen LogP contribution >= 0.6 is 11.6 Å². The quantitative estimate of drug-likeness (QED) is 0.452. The molecule has 0 aliphatic rings. The maximum absolute atomic E-state index is 13.5. The summed E-state index contributed by atoms with van der Waals surface area (Å²) in [6.45, 7) is 0. The van der Waals surface area contributed by atoms with Crippen molar-refractivity contribution in [1.29, 1.82) is 0 Å². The van der Waals surface area contributed by atoms with Crippen molar-refractivity contribution in [3.8, 4) is 22.7 Å². The summed E-state index contributed by atoms with van der Waals surface area (Å²) in [4.78, 5) is 11.2. The van der Waals surface area contributed by atoms with Crippen LogP contribution in [-0.2, 0) is 9.84 Å². The molecule has 0 bridgehead atoms. The second kappa shape index (κ2) is 8.45. The number of ether oxygens (including phenoxy) is 1. The molecule has 4 rings (SSSR count). The zero-order valence-electron chi connectivity index (χ0n) is 16.6. The predicted octanol–water partition coefficient (Wildman–Crippen LogP) is 4.13. The SMILES string of the molecule is COc1cccc(S(=O)(=O)c2nnn(-c3ccc(C(=O)O)cc3)c2-c2ccc(Cl)cc2)c1. The van der Waals surface area contributed by atoms with Crippen LogP contribution in [0.1, 0.15) is 10.4 Å². The summed E-state index contributed by atoms with van der Waals surface area (Å²) in [5, 5.41) is 17.4. The lowest BCUT2D eigenvalue weighted by atomic mass is 10.1. The summed E-state index contributed by atoms with van der Waals surface area (Å²) < 4.78 is 33.5. The molecule has 0 saturated carbocycles. The molecular formula is C22H16ClN3O5S. The number of hydrogen-bond donors (Lipinski definition) is 1. The first kappa shape index (κ1) is 21.5. The highest BCUT2D eigenvalue weighted by molar-refractivity contribution is 7.91. The number of carboxylic acid groups (broad SMARTS) is 1. The standard InChI is InChI=1S/C22H16ClN3O5S/c1-31-18-3-2-4-19(13-18)32(29,30)21-20(14-5-9-16(23)10-6-14)26(25-24-21)17-11-7-15(8-12-17)22(27)28/h2-13H,1H3,(H,27,28). The van der Waals surface area contributed by atoms with Gasteiger partial charge < -0.3 is 9.84 Å². The van der Waals surface area contributed by atoms with Gasteiger partial charge >= 0.3 is 5.97 Å². The third kappa shape index (κ3) is 3.95. The van der Waals surface area contributed by atoms with E-state index in [0.717, 1.165) is 0 Å². The molecule has 1 heterocycles. The fourth-order valence-corrected chi connectivity index (χ4v) is 4.59. The van der Waals surface area contributed by atoms with Crippen LogP contribution in [0.25, 0.3) is 16.9 Å². The van der Waals surface area contributed by atoms with Crippen molar-refractivity contribution < 1.29 is 23.1 Å². The van der Waals surface area contributed by atoms with Crippen LogP contribution in [0, 0.1) is 0 Å². The number of aromatic carboxylic acids is 1. The number of carboxylic acids is 1. The number of halogens is 1. The first-order valence-corrected chi connectivity index (χ1v) is 11.1. The van der Waals surface area contributed by atoms with Crippen LogP contribution in [0.3, 0.4) is 0 Å². The van der Waals surface area contributed by atoms with Gasteiger partial charge in [-0.15, -0.1) is 5.10 Å². The van der Waals surface area contributed by atoms with Gasteiger partial charge in [-0.05, 0) is 54.6 Å². The van der Waals surface area contributed by atoms with Crippen molar-refractivity contribution in [1.82, 2.24) is 15.0 Å². The lowest BCUT2D eigenvalue weighted by molar-refractivity contribution is 0.0697. The number of methoxy groups -OCH3 is 1. The van der Waals surface area contributed by atoms with Crippen molar-refractivity contribution in [3.05, 3.63) is 83.4 Å². The van der Waals surface area contributed by atoms with Gasteiger partial charge in [0.2, 0.25) is 14.9 Å². The first-order valence-electron chi connectivity index (χ1n) is 9.26. The lowest BCUT2D eigenvalue weighted by Gasteiger charge is -2.10. The summed E-state index contributed by atoms with van der Waals surface area (Å²) in [7, 11) is -2.62. The Kier molecular flexibility index (Phi) is 5.68. The van der Waals surface area contributed by atoms with E-state index in [0.29, 0.717) is 22.0 Å². The number of nitrogens with zero attached hydrogens (tertiary/aromatic N) is 3. The molecule has 10 heteroatoms. The van der Waals surface area contributed by atoms with Crippen LogP contribution in [0.2, 0.25) is 5.02 Å². The van der Waals surface area contributed by atoms with Crippen LogP contribution in [-0.4, -0.2) is 41.6 Å². The predicted molar refractivity (Wildman–Crippen MR) is 117 cm³/mol. The molecule has 4 aromatic rings. The largest absolute Gasteiger partial charge is 0.497 e. The summed E-state index contributed by atoms with van der Waals surface area (Å²) in [6.07, 6.45) is 0. The second-order valence-electron chi connectivity index (χ2n) is 6.70. The zero-order valence-corrected chi connectivity index (χ0v) is 18.2. The molecule has 0 spiro atoms. The number of aromatic nitrogens is 3. The molecule has 0 saturated heterocycles. The molecule has 0 radical (unpaired) electrons.